The van der Waals surface area contributed by atoms with Crippen molar-refractivity contribution in [3.63, 3.8) is 0 Å². The number of hydrogen-bond acceptors (Lipinski definition) is 4. The Morgan fingerprint density at radius 1 is 1.43 bits per heavy atom. The normalized spacial score (nSPS) is 12.4. The van der Waals surface area contributed by atoms with Crippen molar-refractivity contribution in [3.05, 3.63) is 40.4 Å². The van der Waals surface area contributed by atoms with Gasteiger partial charge in [0.05, 0.1) is 4.47 Å². The van der Waals surface area contributed by atoms with E-state index in [4.69, 9.17) is 10.5 Å². The molecule has 6 heteroatoms. The fraction of sp³-hybridized carbons (Fsp3) is 0.467. The first-order valence-corrected chi connectivity index (χ1v) is 7.93. The lowest BCUT2D eigenvalue weighted by molar-refractivity contribution is 0.281. The molecule has 0 amide bonds. The Bertz CT molecular complexity index is 583. The van der Waals surface area contributed by atoms with Gasteiger partial charge in [-0.2, -0.15) is 5.10 Å². The second-order valence-corrected chi connectivity index (χ2v) is 5.95. The molecule has 0 fully saturated rings. The highest BCUT2D eigenvalue weighted by molar-refractivity contribution is 9.10. The van der Waals surface area contributed by atoms with Crippen LogP contribution in [0.5, 0.6) is 5.75 Å². The van der Waals surface area contributed by atoms with Gasteiger partial charge in [-0.15, -0.1) is 0 Å². The summed E-state index contributed by atoms with van der Waals surface area (Å²) in [4.78, 5) is 4.26. The minimum atomic E-state index is 0.0883. The van der Waals surface area contributed by atoms with Gasteiger partial charge in [-0.1, -0.05) is 19.1 Å². The van der Waals surface area contributed by atoms with E-state index in [-0.39, 0.29) is 6.04 Å². The first-order chi connectivity index (χ1) is 10.1. The van der Waals surface area contributed by atoms with Gasteiger partial charge in [0.1, 0.15) is 18.7 Å². The summed E-state index contributed by atoms with van der Waals surface area (Å²) >= 11 is 3.54. The molecule has 1 aromatic heterocycles. The average molecular weight is 353 g/mol. The number of aryl methyl sites for hydroxylation is 1. The first kappa shape index (κ1) is 16.0. The number of benzene rings is 1. The molecular weight excluding hydrogens is 332 g/mol. The molecule has 2 N–H and O–H groups in total. The number of nitrogens with two attached hydrogens (primary N) is 1. The number of hydrogen-bond donors (Lipinski definition) is 1. The summed E-state index contributed by atoms with van der Waals surface area (Å²) in [5.74, 6) is 1.67. The SMILES string of the molecule is CCCn1ncnc1COc1c(Br)cccc1CC(C)N. The van der Waals surface area contributed by atoms with Crippen molar-refractivity contribution >= 4 is 15.9 Å². The molecule has 2 rings (SSSR count). The number of halogens is 1. The van der Waals surface area contributed by atoms with E-state index in [1.54, 1.807) is 6.33 Å². The quantitative estimate of drug-likeness (QED) is 0.831. The van der Waals surface area contributed by atoms with Gasteiger partial charge in [-0.05, 0) is 47.3 Å². The van der Waals surface area contributed by atoms with Gasteiger partial charge < -0.3 is 10.5 Å². The molecular formula is C15H21BrN4O. The molecule has 0 saturated heterocycles. The van der Waals surface area contributed by atoms with Gasteiger partial charge in [-0.3, -0.25) is 0 Å². The maximum atomic E-state index is 5.97. The number of aromatic nitrogens is 3. The van der Waals surface area contributed by atoms with E-state index in [1.807, 2.05) is 29.8 Å². The molecule has 2 aromatic rings. The van der Waals surface area contributed by atoms with Crippen LogP contribution in [0.25, 0.3) is 0 Å². The highest BCUT2D eigenvalue weighted by Gasteiger charge is 2.12. The molecule has 0 aliphatic heterocycles. The molecule has 0 radical (unpaired) electrons. The Balaban J connectivity index is 2.13. The largest absolute Gasteiger partial charge is 0.484 e. The predicted octanol–water partition coefficient (Wildman–Crippen LogP) is 2.92. The van der Waals surface area contributed by atoms with Gasteiger partial charge in [0.15, 0.2) is 5.82 Å². The van der Waals surface area contributed by atoms with Gasteiger partial charge in [0.25, 0.3) is 0 Å². The van der Waals surface area contributed by atoms with E-state index in [2.05, 4.69) is 32.9 Å². The van der Waals surface area contributed by atoms with Crippen LogP contribution in [0.15, 0.2) is 29.0 Å². The van der Waals surface area contributed by atoms with Crippen LogP contribution in [0.1, 0.15) is 31.7 Å². The number of para-hydroxylation sites is 1. The van der Waals surface area contributed by atoms with E-state index < -0.39 is 0 Å². The second-order valence-electron chi connectivity index (χ2n) is 5.10. The van der Waals surface area contributed by atoms with Gasteiger partial charge in [0.2, 0.25) is 0 Å². The molecule has 0 aliphatic carbocycles. The summed E-state index contributed by atoms with van der Waals surface area (Å²) in [7, 11) is 0. The minimum absolute atomic E-state index is 0.0883. The zero-order chi connectivity index (χ0) is 15.2. The van der Waals surface area contributed by atoms with Gasteiger partial charge in [-0.25, -0.2) is 9.67 Å². The van der Waals surface area contributed by atoms with Crippen LogP contribution in [0.2, 0.25) is 0 Å². The van der Waals surface area contributed by atoms with Crippen LogP contribution < -0.4 is 10.5 Å². The molecule has 114 valence electrons. The topological polar surface area (TPSA) is 66.0 Å². The number of nitrogens with zero attached hydrogens (tertiary/aromatic N) is 3. The summed E-state index contributed by atoms with van der Waals surface area (Å²) in [6.45, 7) is 5.35. The zero-order valence-corrected chi connectivity index (χ0v) is 14.0. The monoisotopic (exact) mass is 352 g/mol. The standard InChI is InChI=1S/C15H21BrN4O/c1-3-7-20-14(18-10-19-20)9-21-15-12(8-11(2)17)5-4-6-13(15)16/h4-6,10-11H,3,7-9,17H2,1-2H3. The van der Waals surface area contributed by atoms with E-state index >= 15 is 0 Å². The maximum Gasteiger partial charge on any atom is 0.164 e. The number of rotatable bonds is 7. The van der Waals surface area contributed by atoms with Crippen LogP contribution in [0, 0.1) is 0 Å². The first-order valence-electron chi connectivity index (χ1n) is 7.14. The lowest BCUT2D eigenvalue weighted by Gasteiger charge is -2.14. The van der Waals surface area contributed by atoms with Crippen molar-refractivity contribution in [1.82, 2.24) is 14.8 Å². The predicted molar refractivity (Wildman–Crippen MR) is 86.1 cm³/mol. The molecule has 5 nitrogen and oxygen atoms in total. The minimum Gasteiger partial charge on any atom is -0.484 e. The van der Waals surface area contributed by atoms with Crippen molar-refractivity contribution in [2.75, 3.05) is 0 Å². The van der Waals surface area contributed by atoms with Crippen LogP contribution in [0.3, 0.4) is 0 Å². The second kappa shape index (κ2) is 7.56. The smallest absolute Gasteiger partial charge is 0.164 e. The average Bonchev–Trinajstić information content (AvgIpc) is 2.85. The Hall–Kier alpha value is -1.40. The van der Waals surface area contributed by atoms with E-state index in [0.29, 0.717) is 6.61 Å². The summed E-state index contributed by atoms with van der Waals surface area (Å²) in [5, 5.41) is 4.21. The summed E-state index contributed by atoms with van der Waals surface area (Å²) < 4.78 is 8.78. The summed E-state index contributed by atoms with van der Waals surface area (Å²) in [5.41, 5.74) is 7.00. The molecule has 1 unspecified atom stereocenters. The molecule has 0 saturated carbocycles. The molecule has 0 bridgehead atoms. The molecule has 0 aliphatic rings. The van der Waals surface area contributed by atoms with Crippen molar-refractivity contribution in [2.24, 2.45) is 5.73 Å². The molecule has 1 aromatic carbocycles. The third-order valence-corrected chi connectivity index (χ3v) is 3.69. The van der Waals surface area contributed by atoms with Crippen molar-refractivity contribution in [2.45, 2.75) is 45.9 Å². The number of ether oxygens (including phenoxy) is 1. The highest BCUT2D eigenvalue weighted by atomic mass is 79.9. The van der Waals surface area contributed by atoms with Crippen LogP contribution in [-0.4, -0.2) is 20.8 Å². The Morgan fingerprint density at radius 2 is 2.24 bits per heavy atom. The van der Waals surface area contributed by atoms with Crippen molar-refractivity contribution in [3.8, 4) is 5.75 Å². The Kier molecular flexibility index (Phi) is 5.76. The third kappa shape index (κ3) is 4.28. The van der Waals surface area contributed by atoms with Crippen LogP contribution in [-0.2, 0) is 19.6 Å². The Labute approximate surface area is 133 Å². The molecule has 1 heterocycles. The van der Waals surface area contributed by atoms with Crippen molar-refractivity contribution < 1.29 is 4.74 Å². The van der Waals surface area contributed by atoms with E-state index in [9.17, 15) is 0 Å². The molecule has 21 heavy (non-hydrogen) atoms. The van der Waals surface area contributed by atoms with E-state index in [1.165, 1.54) is 0 Å². The lowest BCUT2D eigenvalue weighted by atomic mass is 10.1. The fourth-order valence-corrected chi connectivity index (χ4v) is 2.68. The van der Waals surface area contributed by atoms with Gasteiger partial charge in [0, 0.05) is 12.6 Å². The van der Waals surface area contributed by atoms with E-state index in [0.717, 1.165) is 41.0 Å². The van der Waals surface area contributed by atoms with Crippen molar-refractivity contribution in [1.29, 1.82) is 0 Å². The summed E-state index contributed by atoms with van der Waals surface area (Å²) in [6, 6.07) is 6.09. The maximum absolute atomic E-state index is 5.97. The highest BCUT2D eigenvalue weighted by Crippen LogP contribution is 2.30. The lowest BCUT2D eigenvalue weighted by Crippen LogP contribution is -2.18. The fourth-order valence-electron chi connectivity index (χ4n) is 2.16. The summed E-state index contributed by atoms with van der Waals surface area (Å²) in [6.07, 6.45) is 3.36. The molecule has 1 atom stereocenters. The van der Waals surface area contributed by atoms with Gasteiger partial charge >= 0.3 is 0 Å². The van der Waals surface area contributed by atoms with Crippen LogP contribution >= 0.6 is 15.9 Å². The third-order valence-electron chi connectivity index (χ3n) is 3.07. The Morgan fingerprint density at radius 3 is 2.95 bits per heavy atom. The van der Waals surface area contributed by atoms with Crippen LogP contribution in [0.4, 0.5) is 0 Å². The molecule has 0 spiro atoms. The zero-order valence-electron chi connectivity index (χ0n) is 12.4.